The van der Waals surface area contributed by atoms with E-state index in [1.165, 1.54) is 0 Å². The summed E-state index contributed by atoms with van der Waals surface area (Å²) in [4.78, 5) is 13.7. The van der Waals surface area contributed by atoms with E-state index in [1.54, 1.807) is 0 Å². The Morgan fingerprint density at radius 1 is 1.33 bits per heavy atom. The highest BCUT2D eigenvalue weighted by Crippen LogP contribution is 2.27. The molecule has 1 fully saturated rings. The molecule has 1 atom stereocenters. The van der Waals surface area contributed by atoms with Gasteiger partial charge in [0.05, 0.1) is 6.07 Å². The molecule has 1 heterocycles. The summed E-state index contributed by atoms with van der Waals surface area (Å²) in [5.74, 6) is 1.01. The van der Waals surface area contributed by atoms with Gasteiger partial charge in [-0.05, 0) is 25.2 Å². The van der Waals surface area contributed by atoms with Crippen molar-refractivity contribution in [2.45, 2.75) is 53.9 Å². The van der Waals surface area contributed by atoms with Crippen LogP contribution >= 0.6 is 0 Å². The zero-order valence-electron chi connectivity index (χ0n) is 12.6. The van der Waals surface area contributed by atoms with Gasteiger partial charge in [-0.25, -0.2) is 0 Å². The highest BCUT2D eigenvalue weighted by molar-refractivity contribution is 5.78. The van der Waals surface area contributed by atoms with E-state index < -0.39 is 0 Å². The lowest BCUT2D eigenvalue weighted by molar-refractivity contribution is -0.136. The summed E-state index contributed by atoms with van der Waals surface area (Å²) in [7, 11) is 0. The van der Waals surface area contributed by atoms with Gasteiger partial charge in [0.15, 0.2) is 0 Å². The first-order chi connectivity index (χ1) is 8.60. The maximum atomic E-state index is 11.8. The molecule has 3 heteroatoms. The number of carbonyl (C=O) groups excluding carboxylic acids is 1. The molecular formula is C15H28N2O. The summed E-state index contributed by atoms with van der Waals surface area (Å²) in [5.41, 5.74) is 0. The molecule has 1 amide bonds. The van der Waals surface area contributed by atoms with E-state index in [4.69, 9.17) is 5.26 Å². The van der Waals surface area contributed by atoms with Crippen LogP contribution in [0.1, 0.15) is 53.9 Å². The minimum atomic E-state index is 0.0921. The Balaban J connectivity index is 0.00000137. The number of nitrogens with zero attached hydrogens (tertiary/aromatic N) is 2. The molecule has 0 saturated carbocycles. The topological polar surface area (TPSA) is 44.1 Å². The summed E-state index contributed by atoms with van der Waals surface area (Å²) in [5, 5.41) is 9.01. The van der Waals surface area contributed by atoms with Crippen LogP contribution in [-0.4, -0.2) is 23.9 Å². The Morgan fingerprint density at radius 3 is 2.17 bits per heavy atom. The van der Waals surface area contributed by atoms with Crippen LogP contribution in [0.25, 0.3) is 0 Å². The second kappa shape index (κ2) is 8.97. The third kappa shape index (κ3) is 4.68. The third-order valence-electron chi connectivity index (χ3n) is 3.52. The van der Waals surface area contributed by atoms with Gasteiger partial charge >= 0.3 is 0 Å². The van der Waals surface area contributed by atoms with Crippen molar-refractivity contribution in [2.75, 3.05) is 13.1 Å². The van der Waals surface area contributed by atoms with Gasteiger partial charge < -0.3 is 4.90 Å². The summed E-state index contributed by atoms with van der Waals surface area (Å²) in [6, 6.07) is 2.38. The van der Waals surface area contributed by atoms with Crippen LogP contribution in [-0.2, 0) is 4.79 Å². The van der Waals surface area contributed by atoms with E-state index in [0.29, 0.717) is 5.92 Å². The fourth-order valence-electron chi connectivity index (χ4n) is 2.42. The number of rotatable bonds is 3. The molecule has 0 aromatic carbocycles. The van der Waals surface area contributed by atoms with Crippen molar-refractivity contribution < 1.29 is 4.79 Å². The van der Waals surface area contributed by atoms with Gasteiger partial charge in [0, 0.05) is 24.9 Å². The number of nitriles is 1. The molecule has 0 aromatic heterocycles. The van der Waals surface area contributed by atoms with Crippen LogP contribution in [0.3, 0.4) is 0 Å². The number of likely N-dealkylation sites (tertiary alicyclic amines) is 1. The van der Waals surface area contributed by atoms with Crippen molar-refractivity contribution in [2.24, 2.45) is 17.8 Å². The van der Waals surface area contributed by atoms with E-state index in [2.05, 4.69) is 13.0 Å². The lowest BCUT2D eigenvalue weighted by Crippen LogP contribution is -2.41. The molecule has 1 saturated heterocycles. The lowest BCUT2D eigenvalue weighted by atomic mass is 9.83. The quantitative estimate of drug-likeness (QED) is 0.772. The van der Waals surface area contributed by atoms with Gasteiger partial charge in [-0.2, -0.15) is 5.26 Å². The van der Waals surface area contributed by atoms with Gasteiger partial charge in [0.1, 0.15) is 0 Å². The van der Waals surface area contributed by atoms with Crippen LogP contribution in [0, 0.1) is 29.1 Å². The van der Waals surface area contributed by atoms with Crippen molar-refractivity contribution in [3.05, 3.63) is 0 Å². The molecule has 0 bridgehead atoms. The van der Waals surface area contributed by atoms with Crippen molar-refractivity contribution in [3.63, 3.8) is 0 Å². The van der Waals surface area contributed by atoms with Gasteiger partial charge in [0.25, 0.3) is 0 Å². The second-order valence-electron chi connectivity index (χ2n) is 4.96. The number of hydrogen-bond donors (Lipinski definition) is 0. The van der Waals surface area contributed by atoms with Crippen molar-refractivity contribution in [1.29, 1.82) is 5.26 Å². The molecule has 1 unspecified atom stereocenters. The Kier molecular flexibility index (Phi) is 8.45. The van der Waals surface area contributed by atoms with Gasteiger partial charge in [0.2, 0.25) is 5.91 Å². The van der Waals surface area contributed by atoms with E-state index in [-0.39, 0.29) is 17.7 Å². The highest BCUT2D eigenvalue weighted by atomic mass is 16.2. The number of hydrogen-bond acceptors (Lipinski definition) is 2. The first kappa shape index (κ1) is 17.0. The first-order valence-corrected chi connectivity index (χ1v) is 7.28. The van der Waals surface area contributed by atoms with Crippen LogP contribution < -0.4 is 0 Å². The smallest absolute Gasteiger partial charge is 0.225 e. The largest absolute Gasteiger partial charge is 0.342 e. The maximum absolute atomic E-state index is 11.8. The third-order valence-corrected chi connectivity index (χ3v) is 3.52. The Bertz CT molecular complexity index is 273. The number of piperidine rings is 1. The van der Waals surface area contributed by atoms with Gasteiger partial charge in [-0.1, -0.05) is 34.6 Å². The van der Waals surface area contributed by atoms with E-state index in [0.717, 1.165) is 32.4 Å². The van der Waals surface area contributed by atoms with Crippen LogP contribution in [0.5, 0.6) is 0 Å². The van der Waals surface area contributed by atoms with Gasteiger partial charge in [-0.15, -0.1) is 0 Å². The molecule has 0 radical (unpaired) electrons. The molecule has 0 N–H and O–H groups in total. The van der Waals surface area contributed by atoms with Crippen LogP contribution in [0.15, 0.2) is 0 Å². The molecule has 0 aromatic rings. The molecule has 18 heavy (non-hydrogen) atoms. The van der Waals surface area contributed by atoms with Crippen LogP contribution in [0.4, 0.5) is 0 Å². The van der Waals surface area contributed by atoms with E-state index in [1.807, 2.05) is 32.6 Å². The molecule has 1 aliphatic rings. The first-order valence-electron chi connectivity index (χ1n) is 7.28. The molecule has 3 nitrogen and oxygen atoms in total. The summed E-state index contributed by atoms with van der Waals surface area (Å²) >= 11 is 0. The SMILES string of the molecule is CC.CCC(C#N)C1CCN(C(=O)C(C)C)CC1. The Labute approximate surface area is 112 Å². The van der Waals surface area contributed by atoms with Crippen LogP contribution in [0.2, 0.25) is 0 Å². The zero-order valence-corrected chi connectivity index (χ0v) is 12.6. The number of carbonyl (C=O) groups is 1. The fraction of sp³-hybridized carbons (Fsp3) is 0.867. The Morgan fingerprint density at radius 2 is 1.83 bits per heavy atom. The summed E-state index contributed by atoms with van der Waals surface area (Å²) in [6.07, 6.45) is 2.91. The summed E-state index contributed by atoms with van der Waals surface area (Å²) in [6.45, 7) is 11.6. The van der Waals surface area contributed by atoms with Gasteiger partial charge in [-0.3, -0.25) is 4.79 Å². The number of amides is 1. The predicted octanol–water partition coefficient (Wildman–Crippen LogP) is 3.46. The molecule has 0 spiro atoms. The van der Waals surface area contributed by atoms with Crippen molar-refractivity contribution >= 4 is 5.91 Å². The van der Waals surface area contributed by atoms with Crippen molar-refractivity contribution in [3.8, 4) is 6.07 Å². The minimum absolute atomic E-state index is 0.0921. The normalized spacial score (nSPS) is 17.7. The summed E-state index contributed by atoms with van der Waals surface area (Å²) < 4.78 is 0. The minimum Gasteiger partial charge on any atom is -0.342 e. The standard InChI is InChI=1S/C13H22N2O.C2H6/c1-4-11(9-14)12-5-7-15(8-6-12)13(16)10(2)3;1-2/h10-12H,4-8H2,1-3H3;1-2H3. The molecule has 104 valence electrons. The van der Waals surface area contributed by atoms with E-state index in [9.17, 15) is 4.79 Å². The highest BCUT2D eigenvalue weighted by Gasteiger charge is 2.28. The average Bonchev–Trinajstić information content (AvgIpc) is 2.42. The maximum Gasteiger partial charge on any atom is 0.225 e. The fourth-order valence-corrected chi connectivity index (χ4v) is 2.42. The average molecular weight is 252 g/mol. The second-order valence-corrected chi connectivity index (χ2v) is 4.96. The predicted molar refractivity (Wildman–Crippen MR) is 74.9 cm³/mol. The van der Waals surface area contributed by atoms with Crippen molar-refractivity contribution in [1.82, 2.24) is 4.90 Å². The molecule has 1 aliphatic heterocycles. The van der Waals surface area contributed by atoms with E-state index >= 15 is 0 Å². The lowest BCUT2D eigenvalue weighted by Gasteiger charge is -2.34. The molecule has 1 rings (SSSR count). The monoisotopic (exact) mass is 252 g/mol. The molecule has 0 aliphatic carbocycles. The zero-order chi connectivity index (χ0) is 14.1. The Hall–Kier alpha value is -1.04. The molecular weight excluding hydrogens is 224 g/mol.